The highest BCUT2D eigenvalue weighted by Crippen LogP contribution is 2.56. The zero-order valence-corrected chi connectivity index (χ0v) is 15.5. The third-order valence-corrected chi connectivity index (χ3v) is 5.52. The van der Waals surface area contributed by atoms with Gasteiger partial charge in [0.1, 0.15) is 0 Å². The molecule has 0 amide bonds. The normalized spacial score (nSPS) is 13.2. The lowest BCUT2D eigenvalue weighted by Gasteiger charge is -2.38. The fourth-order valence-electron chi connectivity index (χ4n) is 3.07. The molecule has 0 spiro atoms. The monoisotopic (exact) mass is 392 g/mol. The molecule has 0 unspecified atom stereocenters. The first-order chi connectivity index (χ1) is 11.9. The van der Waals surface area contributed by atoms with Crippen LogP contribution in [0.15, 0.2) is 41.3 Å². The number of aryl methyl sites for hydroxylation is 3. The Bertz CT molecular complexity index is 791. The molecule has 0 nitrogen and oxygen atoms in total. The molecule has 2 rings (SSSR count). The van der Waals surface area contributed by atoms with E-state index in [2.05, 4.69) is 0 Å². The van der Waals surface area contributed by atoms with Crippen LogP contribution in [-0.4, -0.2) is 18.6 Å². The number of hydrogen-bond donors (Lipinski definition) is 0. The van der Waals surface area contributed by atoms with Crippen LogP contribution in [0.1, 0.15) is 27.8 Å². The van der Waals surface area contributed by atoms with Crippen molar-refractivity contribution in [2.75, 3.05) is 6.26 Å². The van der Waals surface area contributed by atoms with Crippen molar-refractivity contribution in [1.82, 2.24) is 0 Å². The molecule has 0 heterocycles. The molecule has 0 saturated carbocycles. The van der Waals surface area contributed by atoms with Crippen LogP contribution >= 0.6 is 11.8 Å². The summed E-state index contributed by atoms with van der Waals surface area (Å²) in [5.74, 6) is 0. The number of halogens is 6. The molecular formula is C19H18F6S. The topological polar surface area (TPSA) is 0 Å². The van der Waals surface area contributed by atoms with E-state index in [0.29, 0.717) is 21.6 Å². The minimum atomic E-state index is -5.56. The average Bonchev–Trinajstić information content (AvgIpc) is 2.49. The maximum absolute atomic E-state index is 14.1. The Morgan fingerprint density at radius 3 is 1.50 bits per heavy atom. The molecule has 0 aliphatic carbocycles. The lowest BCUT2D eigenvalue weighted by atomic mass is 9.72. The van der Waals surface area contributed by atoms with Crippen LogP contribution in [0.5, 0.6) is 0 Å². The molecule has 0 saturated heterocycles. The highest BCUT2D eigenvalue weighted by Gasteiger charge is 2.72. The highest BCUT2D eigenvalue weighted by molar-refractivity contribution is 7.98. The number of benzene rings is 2. The van der Waals surface area contributed by atoms with E-state index in [0.717, 1.165) is 24.3 Å². The van der Waals surface area contributed by atoms with Crippen molar-refractivity contribution in [2.45, 2.75) is 43.4 Å². The van der Waals surface area contributed by atoms with E-state index in [4.69, 9.17) is 0 Å². The molecule has 0 aliphatic rings. The molecule has 0 radical (unpaired) electrons. The van der Waals surface area contributed by atoms with Gasteiger partial charge in [-0.15, -0.1) is 11.8 Å². The van der Waals surface area contributed by atoms with Crippen LogP contribution in [-0.2, 0) is 5.41 Å². The molecule has 26 heavy (non-hydrogen) atoms. The SMILES string of the molecule is CSc1ccc(C(c2ccc(C)c(C)c2)(C(F)(F)F)C(F)(F)F)cc1C. The fraction of sp³-hybridized carbons (Fsp3) is 0.368. The summed E-state index contributed by atoms with van der Waals surface area (Å²) in [5.41, 5.74) is -4.36. The summed E-state index contributed by atoms with van der Waals surface area (Å²) in [6.45, 7) is 4.64. The second-order valence-corrected chi connectivity index (χ2v) is 7.08. The smallest absolute Gasteiger partial charge is 0.169 e. The van der Waals surface area contributed by atoms with Crippen molar-refractivity contribution >= 4 is 11.8 Å². The number of hydrogen-bond acceptors (Lipinski definition) is 1. The van der Waals surface area contributed by atoms with Crippen molar-refractivity contribution in [3.8, 4) is 0 Å². The van der Waals surface area contributed by atoms with Gasteiger partial charge in [0.25, 0.3) is 0 Å². The third kappa shape index (κ3) is 3.21. The first kappa shape index (κ1) is 20.7. The number of alkyl halides is 6. The predicted octanol–water partition coefficient (Wildman–Crippen LogP) is 6.74. The maximum Gasteiger partial charge on any atom is 0.411 e. The summed E-state index contributed by atoms with van der Waals surface area (Å²) in [6, 6.07) is 6.41. The molecule has 0 N–H and O–H groups in total. The van der Waals surface area contributed by atoms with E-state index in [1.54, 1.807) is 13.2 Å². The Morgan fingerprint density at radius 2 is 1.12 bits per heavy atom. The summed E-state index contributed by atoms with van der Waals surface area (Å²) in [7, 11) is 0. The van der Waals surface area contributed by atoms with E-state index < -0.39 is 28.9 Å². The van der Waals surface area contributed by atoms with Crippen LogP contribution in [0.2, 0.25) is 0 Å². The first-order valence-corrected chi connectivity index (χ1v) is 8.95. The summed E-state index contributed by atoms with van der Waals surface area (Å²) in [5, 5.41) is 0. The van der Waals surface area contributed by atoms with Gasteiger partial charge in [0.2, 0.25) is 5.41 Å². The molecule has 0 atom stereocenters. The molecule has 0 aliphatic heterocycles. The van der Waals surface area contributed by atoms with E-state index in [1.807, 2.05) is 0 Å². The van der Waals surface area contributed by atoms with Gasteiger partial charge in [-0.3, -0.25) is 0 Å². The van der Waals surface area contributed by atoms with Gasteiger partial charge in [-0.1, -0.05) is 30.3 Å². The lowest BCUT2D eigenvalue weighted by Crippen LogP contribution is -2.54. The van der Waals surface area contributed by atoms with Gasteiger partial charge in [0.15, 0.2) is 0 Å². The highest BCUT2D eigenvalue weighted by atomic mass is 32.2. The van der Waals surface area contributed by atoms with Crippen molar-refractivity contribution in [1.29, 1.82) is 0 Å². The molecular weight excluding hydrogens is 374 g/mol. The Hall–Kier alpha value is -1.63. The Labute approximate surface area is 152 Å². The zero-order chi connectivity index (χ0) is 19.9. The Balaban J connectivity index is 2.93. The van der Waals surface area contributed by atoms with Crippen LogP contribution in [0.25, 0.3) is 0 Å². The number of rotatable bonds is 3. The van der Waals surface area contributed by atoms with Crippen molar-refractivity contribution in [3.05, 3.63) is 64.2 Å². The minimum absolute atomic E-state index is 0.372. The molecule has 7 heteroatoms. The molecule has 0 bridgehead atoms. The number of thioether (sulfide) groups is 1. The molecule has 142 valence electrons. The Morgan fingerprint density at radius 1 is 0.654 bits per heavy atom. The van der Waals surface area contributed by atoms with Crippen molar-refractivity contribution in [3.63, 3.8) is 0 Å². The van der Waals surface area contributed by atoms with Gasteiger partial charge in [0.05, 0.1) is 0 Å². The van der Waals surface area contributed by atoms with Gasteiger partial charge in [-0.25, -0.2) is 0 Å². The predicted molar refractivity (Wildman–Crippen MR) is 91.8 cm³/mol. The van der Waals surface area contributed by atoms with Crippen LogP contribution < -0.4 is 0 Å². The van der Waals surface area contributed by atoms with Crippen LogP contribution in [0, 0.1) is 20.8 Å². The van der Waals surface area contributed by atoms with Gasteiger partial charge >= 0.3 is 12.4 Å². The minimum Gasteiger partial charge on any atom is -0.169 e. The molecule has 2 aromatic carbocycles. The maximum atomic E-state index is 14.1. The lowest BCUT2D eigenvalue weighted by molar-refractivity contribution is -0.288. The molecule has 2 aromatic rings. The molecule has 0 fully saturated rings. The van der Waals surface area contributed by atoms with Gasteiger partial charge in [-0.2, -0.15) is 26.3 Å². The summed E-state index contributed by atoms with van der Waals surface area (Å²) >= 11 is 1.27. The van der Waals surface area contributed by atoms with E-state index in [-0.39, 0.29) is 0 Å². The summed E-state index contributed by atoms with van der Waals surface area (Å²) in [6.07, 6.45) is -9.40. The third-order valence-electron chi connectivity index (χ3n) is 4.62. The molecule has 0 aromatic heterocycles. The van der Waals surface area contributed by atoms with Crippen LogP contribution in [0.4, 0.5) is 26.3 Å². The standard InChI is InChI=1S/C19H18F6S/c1-11-5-6-14(9-12(11)2)17(18(20,21)22,19(23,24)25)15-7-8-16(26-4)13(3)10-15/h5-10H,1-4H3. The van der Waals surface area contributed by atoms with Gasteiger partial charge in [-0.05, 0) is 60.9 Å². The van der Waals surface area contributed by atoms with E-state index in [1.165, 1.54) is 37.7 Å². The van der Waals surface area contributed by atoms with Gasteiger partial charge < -0.3 is 0 Å². The second-order valence-electron chi connectivity index (χ2n) is 6.23. The van der Waals surface area contributed by atoms with Crippen LogP contribution in [0.3, 0.4) is 0 Å². The fourth-order valence-corrected chi connectivity index (χ4v) is 3.65. The average molecular weight is 392 g/mol. The van der Waals surface area contributed by atoms with E-state index in [9.17, 15) is 26.3 Å². The van der Waals surface area contributed by atoms with Gasteiger partial charge in [0, 0.05) is 4.90 Å². The quantitative estimate of drug-likeness (QED) is 0.412. The van der Waals surface area contributed by atoms with Crippen molar-refractivity contribution in [2.24, 2.45) is 0 Å². The summed E-state index contributed by atoms with van der Waals surface area (Å²) in [4.78, 5) is 0.632. The van der Waals surface area contributed by atoms with Crippen molar-refractivity contribution < 1.29 is 26.3 Å². The Kier molecular flexibility index (Phi) is 5.43. The zero-order valence-electron chi connectivity index (χ0n) is 14.6. The largest absolute Gasteiger partial charge is 0.411 e. The second kappa shape index (κ2) is 6.83. The first-order valence-electron chi connectivity index (χ1n) is 7.72. The van der Waals surface area contributed by atoms with E-state index >= 15 is 0 Å². The summed E-state index contributed by atoms with van der Waals surface area (Å²) < 4.78 is 84.4.